The minimum absolute atomic E-state index is 0.00668. The summed E-state index contributed by atoms with van der Waals surface area (Å²) in [6.07, 6.45) is 0.886. The minimum Gasteiger partial charge on any atom is -0.507 e. The zero-order chi connectivity index (χ0) is 18.7. The third-order valence-electron chi connectivity index (χ3n) is 4.12. The Hall–Kier alpha value is -2.73. The van der Waals surface area contributed by atoms with E-state index in [1.165, 1.54) is 18.2 Å². The van der Waals surface area contributed by atoms with Crippen molar-refractivity contribution in [2.45, 2.75) is 26.3 Å². The molecule has 1 unspecified atom stereocenters. The van der Waals surface area contributed by atoms with Crippen LogP contribution in [-0.4, -0.2) is 27.7 Å². The summed E-state index contributed by atoms with van der Waals surface area (Å²) >= 11 is 0. The van der Waals surface area contributed by atoms with Gasteiger partial charge >= 0.3 is 0 Å². The molecule has 0 aliphatic carbocycles. The van der Waals surface area contributed by atoms with Crippen LogP contribution in [0.25, 0.3) is 22.3 Å². The van der Waals surface area contributed by atoms with Gasteiger partial charge in [-0.1, -0.05) is 32.0 Å². The highest BCUT2D eigenvalue weighted by molar-refractivity contribution is 5.90. The van der Waals surface area contributed by atoms with Crippen molar-refractivity contribution in [3.8, 4) is 17.1 Å². The number of para-hydroxylation sites is 1. The van der Waals surface area contributed by atoms with Gasteiger partial charge in [0.1, 0.15) is 17.4 Å². The lowest BCUT2D eigenvalue weighted by molar-refractivity contribution is 0.471. The number of aromatic nitrogens is 2. The SMILES string of the molecule is CC(C)CC(N)CNc1nc(-c2c(O)cccc2F)nc2ccccc12. The number of nitrogens with zero attached hydrogens (tertiary/aromatic N) is 2. The van der Waals surface area contributed by atoms with Crippen molar-refractivity contribution in [1.82, 2.24) is 9.97 Å². The van der Waals surface area contributed by atoms with Crippen molar-refractivity contribution < 1.29 is 9.50 Å². The summed E-state index contributed by atoms with van der Waals surface area (Å²) in [4.78, 5) is 8.89. The van der Waals surface area contributed by atoms with E-state index in [1.54, 1.807) is 0 Å². The van der Waals surface area contributed by atoms with E-state index in [-0.39, 0.29) is 23.2 Å². The summed E-state index contributed by atoms with van der Waals surface area (Å²) in [7, 11) is 0. The summed E-state index contributed by atoms with van der Waals surface area (Å²) in [5.41, 5.74) is 6.82. The lowest BCUT2D eigenvalue weighted by Gasteiger charge is -2.17. The van der Waals surface area contributed by atoms with Crippen LogP contribution in [0.1, 0.15) is 20.3 Å². The molecule has 136 valence electrons. The van der Waals surface area contributed by atoms with E-state index in [2.05, 4.69) is 29.1 Å². The fourth-order valence-corrected chi connectivity index (χ4v) is 2.97. The van der Waals surface area contributed by atoms with Gasteiger partial charge in [0.15, 0.2) is 5.82 Å². The van der Waals surface area contributed by atoms with Crippen LogP contribution in [-0.2, 0) is 0 Å². The van der Waals surface area contributed by atoms with Crippen molar-refractivity contribution in [1.29, 1.82) is 0 Å². The minimum atomic E-state index is -0.567. The summed E-state index contributed by atoms with van der Waals surface area (Å²) < 4.78 is 14.2. The smallest absolute Gasteiger partial charge is 0.168 e. The number of phenolic OH excluding ortho intramolecular Hbond substituents is 1. The molecule has 1 aromatic heterocycles. The first kappa shape index (κ1) is 18.1. The molecule has 4 N–H and O–H groups in total. The molecule has 0 saturated heterocycles. The summed E-state index contributed by atoms with van der Waals surface area (Å²) in [5, 5.41) is 14.1. The van der Waals surface area contributed by atoms with Crippen molar-refractivity contribution in [2.75, 3.05) is 11.9 Å². The van der Waals surface area contributed by atoms with Crippen molar-refractivity contribution in [3.05, 3.63) is 48.3 Å². The maximum absolute atomic E-state index is 14.2. The second kappa shape index (κ2) is 7.66. The molecule has 0 amide bonds. The van der Waals surface area contributed by atoms with Gasteiger partial charge in [0, 0.05) is 18.0 Å². The standard InChI is InChI=1S/C20H23FN4O/c1-12(2)10-13(22)11-23-19-14-6-3-4-8-16(14)24-20(25-19)18-15(21)7-5-9-17(18)26/h3-9,12-13,26H,10-11,22H2,1-2H3,(H,23,24,25). The summed E-state index contributed by atoms with van der Waals surface area (Å²) in [6.45, 7) is 4.79. The van der Waals surface area contributed by atoms with Gasteiger partial charge in [-0.15, -0.1) is 0 Å². The number of aromatic hydroxyl groups is 1. The van der Waals surface area contributed by atoms with Crippen LogP contribution in [0.5, 0.6) is 5.75 Å². The highest BCUT2D eigenvalue weighted by Gasteiger charge is 2.16. The molecule has 1 heterocycles. The van der Waals surface area contributed by atoms with Gasteiger partial charge in [0.25, 0.3) is 0 Å². The number of benzene rings is 2. The molecule has 0 saturated carbocycles. The second-order valence-corrected chi connectivity index (χ2v) is 6.82. The molecule has 6 heteroatoms. The van der Waals surface area contributed by atoms with Gasteiger partial charge in [-0.25, -0.2) is 14.4 Å². The Kier molecular flexibility index (Phi) is 5.32. The number of nitrogens with two attached hydrogens (primary N) is 1. The van der Waals surface area contributed by atoms with Crippen LogP contribution in [0.4, 0.5) is 10.2 Å². The Balaban J connectivity index is 2.02. The molecule has 1 atom stereocenters. The first-order valence-electron chi connectivity index (χ1n) is 8.69. The second-order valence-electron chi connectivity index (χ2n) is 6.82. The number of nitrogens with one attached hydrogen (secondary N) is 1. The topological polar surface area (TPSA) is 84.1 Å². The molecule has 3 rings (SSSR count). The largest absolute Gasteiger partial charge is 0.507 e. The molecule has 0 aliphatic heterocycles. The zero-order valence-corrected chi connectivity index (χ0v) is 14.9. The van der Waals surface area contributed by atoms with E-state index >= 15 is 0 Å². The van der Waals surface area contributed by atoms with Crippen molar-refractivity contribution >= 4 is 16.7 Å². The molecule has 0 radical (unpaired) electrons. The number of phenols is 1. The maximum Gasteiger partial charge on any atom is 0.168 e. The fourth-order valence-electron chi connectivity index (χ4n) is 2.97. The Morgan fingerprint density at radius 1 is 1.12 bits per heavy atom. The predicted octanol–water partition coefficient (Wildman–Crippen LogP) is 3.93. The molecule has 26 heavy (non-hydrogen) atoms. The van der Waals surface area contributed by atoms with Crippen LogP contribution in [0.3, 0.4) is 0 Å². The first-order valence-corrected chi connectivity index (χ1v) is 8.69. The Morgan fingerprint density at radius 3 is 2.62 bits per heavy atom. The van der Waals surface area contributed by atoms with E-state index in [0.29, 0.717) is 23.8 Å². The van der Waals surface area contributed by atoms with Gasteiger partial charge in [-0.2, -0.15) is 0 Å². The normalized spacial score (nSPS) is 12.5. The number of hydrogen-bond acceptors (Lipinski definition) is 5. The molecule has 3 aromatic rings. The number of halogens is 1. The molecule has 0 aliphatic rings. The highest BCUT2D eigenvalue weighted by Crippen LogP contribution is 2.32. The first-order chi connectivity index (χ1) is 12.5. The molecule has 2 aromatic carbocycles. The van der Waals surface area contributed by atoms with Gasteiger partial charge in [-0.05, 0) is 36.6 Å². The van der Waals surface area contributed by atoms with E-state index in [0.717, 1.165) is 11.8 Å². The van der Waals surface area contributed by atoms with Gasteiger partial charge in [-0.3, -0.25) is 0 Å². The fraction of sp³-hybridized carbons (Fsp3) is 0.300. The van der Waals surface area contributed by atoms with E-state index in [4.69, 9.17) is 5.73 Å². The quantitative estimate of drug-likeness (QED) is 0.625. The number of rotatable bonds is 6. The summed E-state index contributed by atoms with van der Waals surface area (Å²) in [6, 6.07) is 11.6. The molecule has 0 spiro atoms. The third-order valence-corrected chi connectivity index (χ3v) is 4.12. The average Bonchev–Trinajstić information content (AvgIpc) is 2.59. The number of hydrogen-bond donors (Lipinski definition) is 3. The van der Waals surface area contributed by atoms with Gasteiger partial charge in [0.05, 0.1) is 11.1 Å². The van der Waals surface area contributed by atoms with Crippen LogP contribution in [0.15, 0.2) is 42.5 Å². The lowest BCUT2D eigenvalue weighted by atomic mass is 10.0. The zero-order valence-electron chi connectivity index (χ0n) is 14.9. The molecular weight excluding hydrogens is 331 g/mol. The lowest BCUT2D eigenvalue weighted by Crippen LogP contribution is -2.30. The summed E-state index contributed by atoms with van der Waals surface area (Å²) in [5.74, 6) is 0.456. The van der Waals surface area contributed by atoms with Gasteiger partial charge in [0.2, 0.25) is 0 Å². The van der Waals surface area contributed by atoms with E-state index in [1.807, 2.05) is 24.3 Å². The van der Waals surface area contributed by atoms with E-state index < -0.39 is 5.82 Å². The van der Waals surface area contributed by atoms with Crippen molar-refractivity contribution in [2.24, 2.45) is 11.7 Å². The number of anilines is 1. The monoisotopic (exact) mass is 354 g/mol. The third kappa shape index (κ3) is 3.91. The van der Waals surface area contributed by atoms with Gasteiger partial charge < -0.3 is 16.2 Å². The molecule has 5 nitrogen and oxygen atoms in total. The van der Waals surface area contributed by atoms with Crippen LogP contribution in [0.2, 0.25) is 0 Å². The Bertz CT molecular complexity index is 893. The Labute approximate surface area is 152 Å². The van der Waals surface area contributed by atoms with Crippen LogP contribution < -0.4 is 11.1 Å². The predicted molar refractivity (Wildman–Crippen MR) is 103 cm³/mol. The van der Waals surface area contributed by atoms with Crippen LogP contribution in [0, 0.1) is 11.7 Å². The van der Waals surface area contributed by atoms with E-state index in [9.17, 15) is 9.50 Å². The highest BCUT2D eigenvalue weighted by atomic mass is 19.1. The van der Waals surface area contributed by atoms with Crippen molar-refractivity contribution in [3.63, 3.8) is 0 Å². The molecular formula is C20H23FN4O. The van der Waals surface area contributed by atoms with Crippen LogP contribution >= 0.6 is 0 Å². The Morgan fingerprint density at radius 2 is 1.88 bits per heavy atom. The number of fused-ring (bicyclic) bond motifs is 1. The average molecular weight is 354 g/mol. The molecule has 0 bridgehead atoms. The maximum atomic E-state index is 14.2. The molecule has 0 fully saturated rings.